The number of carbonyl (C=O) groups excluding carboxylic acids is 1. The number of nitrogens with one attached hydrogen (secondary N) is 2. The van der Waals surface area contributed by atoms with Gasteiger partial charge in [0.1, 0.15) is 11.6 Å². The van der Waals surface area contributed by atoms with Crippen molar-refractivity contribution in [2.24, 2.45) is 0 Å². The quantitative estimate of drug-likeness (QED) is 0.807. The minimum absolute atomic E-state index is 0.0889. The van der Waals surface area contributed by atoms with Crippen LogP contribution < -0.4 is 15.4 Å². The molecule has 112 valence electrons. The first-order chi connectivity index (χ1) is 9.51. The summed E-state index contributed by atoms with van der Waals surface area (Å²) in [5.74, 6) is 0.0469. The van der Waals surface area contributed by atoms with E-state index in [0.29, 0.717) is 17.9 Å². The SMILES string of the molecule is CCCNC(=O)C(C)NC(C)c1c(F)cccc1OC. The van der Waals surface area contributed by atoms with Crippen LogP contribution in [0.2, 0.25) is 0 Å². The molecule has 0 fully saturated rings. The van der Waals surface area contributed by atoms with Crippen LogP contribution in [0.4, 0.5) is 4.39 Å². The average molecular weight is 282 g/mol. The highest BCUT2D eigenvalue weighted by Gasteiger charge is 2.20. The van der Waals surface area contributed by atoms with Gasteiger partial charge in [-0.2, -0.15) is 0 Å². The Hall–Kier alpha value is -1.62. The Morgan fingerprint density at radius 2 is 2.10 bits per heavy atom. The molecule has 0 saturated heterocycles. The molecule has 0 heterocycles. The zero-order chi connectivity index (χ0) is 15.1. The number of hydrogen-bond acceptors (Lipinski definition) is 3. The Morgan fingerprint density at radius 3 is 2.70 bits per heavy atom. The second kappa shape index (κ2) is 7.85. The third kappa shape index (κ3) is 4.20. The van der Waals surface area contributed by atoms with Gasteiger partial charge in [0.15, 0.2) is 0 Å². The van der Waals surface area contributed by atoms with Crippen molar-refractivity contribution < 1.29 is 13.9 Å². The van der Waals surface area contributed by atoms with Crippen LogP contribution in [0.5, 0.6) is 5.75 Å². The van der Waals surface area contributed by atoms with Gasteiger partial charge in [-0.05, 0) is 32.4 Å². The smallest absolute Gasteiger partial charge is 0.236 e. The van der Waals surface area contributed by atoms with E-state index in [1.165, 1.54) is 13.2 Å². The maximum atomic E-state index is 13.9. The largest absolute Gasteiger partial charge is 0.496 e. The number of ether oxygens (including phenoxy) is 1. The molecule has 4 nitrogen and oxygen atoms in total. The van der Waals surface area contributed by atoms with E-state index in [1.54, 1.807) is 19.1 Å². The fraction of sp³-hybridized carbons (Fsp3) is 0.533. The highest BCUT2D eigenvalue weighted by Crippen LogP contribution is 2.27. The van der Waals surface area contributed by atoms with Gasteiger partial charge in [-0.25, -0.2) is 4.39 Å². The number of carbonyl (C=O) groups is 1. The van der Waals surface area contributed by atoms with Crippen molar-refractivity contribution in [3.63, 3.8) is 0 Å². The molecule has 1 amide bonds. The zero-order valence-electron chi connectivity index (χ0n) is 12.5. The highest BCUT2D eigenvalue weighted by atomic mass is 19.1. The molecule has 1 aromatic rings. The van der Waals surface area contributed by atoms with Crippen LogP contribution in [-0.4, -0.2) is 25.6 Å². The van der Waals surface area contributed by atoms with Crippen molar-refractivity contribution in [1.82, 2.24) is 10.6 Å². The molecule has 0 spiro atoms. The number of rotatable bonds is 7. The molecule has 0 aliphatic heterocycles. The van der Waals surface area contributed by atoms with Crippen LogP contribution in [0.15, 0.2) is 18.2 Å². The highest BCUT2D eigenvalue weighted by molar-refractivity contribution is 5.81. The third-order valence-corrected chi connectivity index (χ3v) is 3.11. The summed E-state index contributed by atoms with van der Waals surface area (Å²) in [4.78, 5) is 11.8. The van der Waals surface area contributed by atoms with Crippen LogP contribution >= 0.6 is 0 Å². The van der Waals surface area contributed by atoms with Crippen LogP contribution in [0, 0.1) is 5.82 Å². The van der Waals surface area contributed by atoms with E-state index in [-0.39, 0.29) is 17.8 Å². The lowest BCUT2D eigenvalue weighted by Gasteiger charge is -2.22. The van der Waals surface area contributed by atoms with Crippen molar-refractivity contribution in [3.8, 4) is 5.75 Å². The second-order valence-corrected chi connectivity index (χ2v) is 4.76. The van der Waals surface area contributed by atoms with E-state index in [0.717, 1.165) is 6.42 Å². The Morgan fingerprint density at radius 1 is 1.40 bits per heavy atom. The van der Waals surface area contributed by atoms with Gasteiger partial charge in [-0.1, -0.05) is 13.0 Å². The first-order valence-electron chi connectivity index (χ1n) is 6.87. The molecule has 2 unspecified atom stereocenters. The summed E-state index contributed by atoms with van der Waals surface area (Å²) in [6.07, 6.45) is 0.884. The monoisotopic (exact) mass is 282 g/mol. The van der Waals surface area contributed by atoms with Gasteiger partial charge in [0.25, 0.3) is 0 Å². The Balaban J connectivity index is 2.76. The van der Waals surface area contributed by atoms with E-state index in [2.05, 4.69) is 10.6 Å². The van der Waals surface area contributed by atoms with Crippen molar-refractivity contribution >= 4 is 5.91 Å². The molecule has 2 atom stereocenters. The van der Waals surface area contributed by atoms with Gasteiger partial charge >= 0.3 is 0 Å². The minimum atomic E-state index is -0.402. The number of hydrogen-bond donors (Lipinski definition) is 2. The molecule has 1 aromatic carbocycles. The Kier molecular flexibility index (Phi) is 6.45. The third-order valence-electron chi connectivity index (χ3n) is 3.11. The molecule has 20 heavy (non-hydrogen) atoms. The Labute approximate surface area is 119 Å². The minimum Gasteiger partial charge on any atom is -0.496 e. The predicted octanol–water partition coefficient (Wildman–Crippen LogP) is 2.40. The maximum absolute atomic E-state index is 13.9. The summed E-state index contributed by atoms with van der Waals surface area (Å²) in [5.41, 5.74) is 0.435. The van der Waals surface area contributed by atoms with E-state index in [9.17, 15) is 9.18 Å². The summed E-state index contributed by atoms with van der Waals surface area (Å²) < 4.78 is 19.1. The van der Waals surface area contributed by atoms with Crippen LogP contribution in [0.3, 0.4) is 0 Å². The molecular formula is C15H23FN2O2. The molecule has 0 saturated carbocycles. The molecule has 5 heteroatoms. The normalized spacial score (nSPS) is 13.7. The van der Waals surface area contributed by atoms with Gasteiger partial charge in [0, 0.05) is 18.2 Å². The van der Waals surface area contributed by atoms with Crippen LogP contribution in [-0.2, 0) is 4.79 Å². The topological polar surface area (TPSA) is 50.4 Å². The lowest BCUT2D eigenvalue weighted by atomic mass is 10.1. The van der Waals surface area contributed by atoms with Gasteiger partial charge in [-0.3, -0.25) is 10.1 Å². The number of amides is 1. The van der Waals surface area contributed by atoms with E-state index in [4.69, 9.17) is 4.74 Å². The van der Waals surface area contributed by atoms with E-state index in [1.807, 2.05) is 13.8 Å². The standard InChI is InChI=1S/C15H23FN2O2/c1-5-9-17-15(19)11(3)18-10(2)14-12(16)7-6-8-13(14)20-4/h6-8,10-11,18H,5,9H2,1-4H3,(H,17,19). The van der Waals surface area contributed by atoms with E-state index >= 15 is 0 Å². The van der Waals surface area contributed by atoms with Crippen LogP contribution in [0.1, 0.15) is 38.8 Å². The lowest BCUT2D eigenvalue weighted by molar-refractivity contribution is -0.122. The summed E-state index contributed by atoms with van der Waals surface area (Å²) in [6, 6.07) is 3.97. The molecule has 0 bridgehead atoms. The molecule has 0 radical (unpaired) electrons. The first kappa shape index (κ1) is 16.4. The predicted molar refractivity (Wildman–Crippen MR) is 77.3 cm³/mol. The molecular weight excluding hydrogens is 259 g/mol. The molecule has 0 aromatic heterocycles. The molecule has 0 aliphatic rings. The lowest BCUT2D eigenvalue weighted by Crippen LogP contribution is -2.43. The first-order valence-corrected chi connectivity index (χ1v) is 6.87. The van der Waals surface area contributed by atoms with Crippen LogP contribution in [0.25, 0.3) is 0 Å². The van der Waals surface area contributed by atoms with Gasteiger partial charge in [0.05, 0.1) is 13.2 Å². The summed E-state index contributed by atoms with van der Waals surface area (Å²) in [6.45, 7) is 6.20. The second-order valence-electron chi connectivity index (χ2n) is 4.76. The molecule has 1 rings (SSSR count). The molecule has 0 aliphatic carbocycles. The maximum Gasteiger partial charge on any atom is 0.236 e. The summed E-state index contributed by atoms with van der Waals surface area (Å²) in [5, 5.41) is 5.89. The van der Waals surface area contributed by atoms with Crippen molar-refractivity contribution in [2.45, 2.75) is 39.3 Å². The van der Waals surface area contributed by atoms with Gasteiger partial charge < -0.3 is 10.1 Å². The Bertz CT molecular complexity index is 451. The van der Waals surface area contributed by atoms with Crippen molar-refractivity contribution in [2.75, 3.05) is 13.7 Å². The van der Waals surface area contributed by atoms with Crippen molar-refractivity contribution in [1.29, 1.82) is 0 Å². The van der Waals surface area contributed by atoms with Gasteiger partial charge in [-0.15, -0.1) is 0 Å². The number of benzene rings is 1. The summed E-state index contributed by atoms with van der Waals surface area (Å²) in [7, 11) is 1.50. The average Bonchev–Trinajstić information content (AvgIpc) is 2.43. The van der Waals surface area contributed by atoms with Crippen molar-refractivity contribution in [3.05, 3.63) is 29.6 Å². The van der Waals surface area contributed by atoms with E-state index < -0.39 is 6.04 Å². The fourth-order valence-corrected chi connectivity index (χ4v) is 2.05. The zero-order valence-corrected chi connectivity index (χ0v) is 12.5. The fourth-order valence-electron chi connectivity index (χ4n) is 2.05. The molecule has 2 N–H and O–H groups in total. The van der Waals surface area contributed by atoms with Gasteiger partial charge in [0.2, 0.25) is 5.91 Å². The number of halogens is 1. The summed E-state index contributed by atoms with van der Waals surface area (Å²) >= 11 is 0. The number of methoxy groups -OCH3 is 1.